The lowest BCUT2D eigenvalue weighted by molar-refractivity contribution is -0.143. The number of nitrogens with one attached hydrogen (secondary N) is 2. The number of carbonyl (C=O) groups excluding carboxylic acids is 2. The van der Waals surface area contributed by atoms with Gasteiger partial charge in [-0.1, -0.05) is 20.8 Å². The first kappa shape index (κ1) is 36.9. The number of aliphatic hydroxyl groups excluding tert-OH is 1. The van der Waals surface area contributed by atoms with Crippen LogP contribution in [0.1, 0.15) is 103 Å². The van der Waals surface area contributed by atoms with Gasteiger partial charge in [0.2, 0.25) is 5.91 Å². The number of benzene rings is 1. The molecule has 4 fully saturated rings. The number of carbonyl (C=O) groups is 2. The highest BCUT2D eigenvalue weighted by Gasteiger charge is 2.60. The summed E-state index contributed by atoms with van der Waals surface area (Å²) in [4.78, 5) is 23.6. The van der Waals surface area contributed by atoms with Crippen molar-refractivity contribution in [3.63, 3.8) is 0 Å². The van der Waals surface area contributed by atoms with Gasteiger partial charge in [0.1, 0.15) is 0 Å². The van der Waals surface area contributed by atoms with Crippen LogP contribution in [0.25, 0.3) is 0 Å². The Bertz CT molecular complexity index is 1470. The fourth-order valence-electron chi connectivity index (χ4n) is 10.4. The van der Waals surface area contributed by atoms with Gasteiger partial charge >= 0.3 is 12.4 Å². The van der Waals surface area contributed by atoms with Crippen LogP contribution in [0.4, 0.5) is 26.3 Å². The highest BCUT2D eigenvalue weighted by atomic mass is 32.2. The number of hydrogen-bond donors (Lipinski definition) is 3. The summed E-state index contributed by atoms with van der Waals surface area (Å²) in [6.07, 6.45) is -0.261. The van der Waals surface area contributed by atoms with E-state index >= 15 is 0 Å². The molecule has 0 radical (unpaired) electrons. The van der Waals surface area contributed by atoms with E-state index in [9.17, 15) is 49.5 Å². The average Bonchev–Trinajstić information content (AvgIpc) is 3.35. The maximum absolute atomic E-state index is 13.2. The molecule has 0 spiro atoms. The average molecular weight is 709 g/mol. The number of sulfonamides is 1. The molecule has 9 atom stereocenters. The maximum atomic E-state index is 13.2. The molecule has 14 heteroatoms. The van der Waals surface area contributed by atoms with Gasteiger partial charge < -0.3 is 10.4 Å². The molecule has 0 bridgehead atoms. The van der Waals surface area contributed by atoms with Crippen LogP contribution in [-0.2, 0) is 32.0 Å². The van der Waals surface area contributed by atoms with Crippen molar-refractivity contribution >= 4 is 21.8 Å². The zero-order valence-electron chi connectivity index (χ0n) is 27.5. The van der Waals surface area contributed by atoms with Gasteiger partial charge in [0.25, 0.3) is 15.9 Å². The number of hydrogen-bond acceptors (Lipinski definition) is 5. The molecule has 4 aliphatic rings. The Labute approximate surface area is 278 Å². The third-order valence-corrected chi connectivity index (χ3v) is 14.1. The zero-order chi connectivity index (χ0) is 35.4. The van der Waals surface area contributed by atoms with Crippen molar-refractivity contribution in [1.82, 2.24) is 10.0 Å². The Balaban J connectivity index is 1.13. The summed E-state index contributed by atoms with van der Waals surface area (Å²) in [5.41, 5.74) is -3.22. The molecule has 0 aliphatic heterocycles. The van der Waals surface area contributed by atoms with E-state index in [2.05, 4.69) is 26.1 Å². The van der Waals surface area contributed by atoms with Crippen LogP contribution in [0.2, 0.25) is 0 Å². The van der Waals surface area contributed by atoms with Crippen molar-refractivity contribution < 1.29 is 49.5 Å². The van der Waals surface area contributed by atoms with Gasteiger partial charge in [0.05, 0.1) is 28.7 Å². The SMILES string of the molecule is CC(CCC(=O)NCC(=O)NS(=O)(=O)c1cc(C(F)(F)F)cc(C(F)(F)F)c1)C1CCC2C3CCC4CC(O)CCC4(C)C3CCC12C. The highest BCUT2D eigenvalue weighted by molar-refractivity contribution is 7.90. The van der Waals surface area contributed by atoms with E-state index in [1.54, 1.807) is 0 Å². The van der Waals surface area contributed by atoms with E-state index in [0.717, 1.165) is 38.5 Å². The van der Waals surface area contributed by atoms with E-state index in [1.807, 2.05) is 0 Å². The molecule has 2 amide bonds. The summed E-state index contributed by atoms with van der Waals surface area (Å²) in [6, 6.07) is -0.191. The largest absolute Gasteiger partial charge is 0.416 e. The molecule has 270 valence electrons. The molecule has 1 aromatic carbocycles. The van der Waals surface area contributed by atoms with Crippen LogP contribution in [0.3, 0.4) is 0 Å². The quantitative estimate of drug-likeness (QED) is 0.250. The van der Waals surface area contributed by atoms with Crippen molar-refractivity contribution in [2.24, 2.45) is 46.3 Å². The minimum absolute atomic E-state index is 0.0118. The third kappa shape index (κ3) is 7.25. The Hall–Kier alpha value is -2.35. The van der Waals surface area contributed by atoms with Crippen LogP contribution < -0.4 is 10.0 Å². The molecule has 48 heavy (non-hydrogen) atoms. The summed E-state index contributed by atoms with van der Waals surface area (Å²) in [5.74, 6) is 1.39. The first-order valence-electron chi connectivity index (χ1n) is 16.9. The van der Waals surface area contributed by atoms with E-state index < -0.39 is 56.8 Å². The minimum Gasteiger partial charge on any atom is -0.393 e. The number of rotatable bonds is 8. The first-order chi connectivity index (χ1) is 22.1. The lowest BCUT2D eigenvalue weighted by Crippen LogP contribution is -2.54. The topological polar surface area (TPSA) is 113 Å². The van der Waals surface area contributed by atoms with Crippen molar-refractivity contribution in [2.45, 2.75) is 115 Å². The Kier molecular flexibility index (Phi) is 10.1. The third-order valence-electron chi connectivity index (χ3n) is 12.8. The fourth-order valence-corrected chi connectivity index (χ4v) is 11.4. The van der Waals surface area contributed by atoms with E-state index in [-0.39, 0.29) is 47.5 Å². The molecule has 0 aromatic heterocycles. The van der Waals surface area contributed by atoms with Gasteiger partial charge in [-0.15, -0.1) is 0 Å². The summed E-state index contributed by atoms with van der Waals surface area (Å²) in [7, 11) is -5.11. The first-order valence-corrected chi connectivity index (χ1v) is 18.4. The van der Waals surface area contributed by atoms with Crippen molar-refractivity contribution in [1.29, 1.82) is 0 Å². The molecular weight excluding hydrogens is 662 g/mol. The van der Waals surface area contributed by atoms with Crippen LogP contribution in [0.15, 0.2) is 23.1 Å². The number of halogens is 6. The summed E-state index contributed by atoms with van der Waals surface area (Å²) < 4.78 is 106. The molecule has 3 N–H and O–H groups in total. The molecule has 0 saturated heterocycles. The molecular formula is C34H46F6N2O5S. The molecule has 0 heterocycles. The van der Waals surface area contributed by atoms with Crippen molar-refractivity contribution in [3.8, 4) is 0 Å². The highest BCUT2D eigenvalue weighted by Crippen LogP contribution is 2.68. The smallest absolute Gasteiger partial charge is 0.393 e. The summed E-state index contributed by atoms with van der Waals surface area (Å²) in [6.45, 7) is 6.19. The van der Waals surface area contributed by atoms with Crippen LogP contribution in [0.5, 0.6) is 0 Å². The normalized spacial score (nSPS) is 34.4. The fraction of sp³-hybridized carbons (Fsp3) is 0.765. The molecule has 9 unspecified atom stereocenters. The zero-order valence-corrected chi connectivity index (χ0v) is 28.3. The summed E-state index contributed by atoms with van der Waals surface area (Å²) >= 11 is 0. The monoisotopic (exact) mass is 708 g/mol. The predicted molar refractivity (Wildman–Crippen MR) is 164 cm³/mol. The molecule has 4 aliphatic carbocycles. The Morgan fingerprint density at radius 3 is 2.10 bits per heavy atom. The van der Waals surface area contributed by atoms with E-state index in [0.29, 0.717) is 36.0 Å². The van der Waals surface area contributed by atoms with Gasteiger partial charge in [-0.2, -0.15) is 26.3 Å². The molecule has 1 aromatic rings. The second-order valence-electron chi connectivity index (χ2n) is 15.4. The number of alkyl halides is 6. The van der Waals surface area contributed by atoms with Crippen LogP contribution in [0, 0.1) is 46.3 Å². The van der Waals surface area contributed by atoms with Crippen LogP contribution in [-0.4, -0.2) is 38.0 Å². The van der Waals surface area contributed by atoms with Crippen molar-refractivity contribution in [2.75, 3.05) is 6.54 Å². The van der Waals surface area contributed by atoms with Gasteiger partial charge in [0.15, 0.2) is 0 Å². The van der Waals surface area contributed by atoms with Gasteiger partial charge in [-0.05, 0) is 129 Å². The molecule has 5 rings (SSSR count). The van der Waals surface area contributed by atoms with Crippen LogP contribution >= 0.6 is 0 Å². The maximum Gasteiger partial charge on any atom is 0.416 e. The standard InChI is InChI=1S/C34H46F6N2O5S/c1-19(26-7-8-27-25-6-5-20-15-23(43)10-12-31(20,2)28(25)11-13-32(26,27)3)4-9-29(44)41-18-30(45)42-48(46,47)24-16-21(33(35,36)37)14-22(17-24)34(38,39)40/h14,16-17,19-20,23,25-28,43H,4-13,15,18H2,1-3H3,(H,41,44)(H,42,45). The Morgan fingerprint density at radius 2 is 1.48 bits per heavy atom. The second kappa shape index (κ2) is 13.1. The lowest BCUT2D eigenvalue weighted by Gasteiger charge is -2.61. The Morgan fingerprint density at radius 1 is 0.875 bits per heavy atom. The van der Waals surface area contributed by atoms with Gasteiger partial charge in [0, 0.05) is 6.42 Å². The number of amides is 2. The predicted octanol–water partition coefficient (Wildman–Crippen LogP) is 7.08. The second-order valence-corrected chi connectivity index (χ2v) is 17.1. The van der Waals surface area contributed by atoms with Gasteiger partial charge in [-0.25, -0.2) is 13.1 Å². The minimum atomic E-state index is -5.27. The molecule has 7 nitrogen and oxygen atoms in total. The number of fused-ring (bicyclic) bond motifs is 5. The molecule has 4 saturated carbocycles. The summed E-state index contributed by atoms with van der Waals surface area (Å²) in [5, 5.41) is 12.6. The van der Waals surface area contributed by atoms with E-state index in [4.69, 9.17) is 0 Å². The van der Waals surface area contributed by atoms with Crippen molar-refractivity contribution in [3.05, 3.63) is 29.3 Å². The van der Waals surface area contributed by atoms with E-state index in [1.165, 1.54) is 24.0 Å². The lowest BCUT2D eigenvalue weighted by atomic mass is 9.44. The number of aliphatic hydroxyl groups is 1. The van der Waals surface area contributed by atoms with Gasteiger partial charge in [-0.3, -0.25) is 9.59 Å².